The molecule has 1 saturated carbocycles. The average molecular weight is 413 g/mol. The predicted molar refractivity (Wildman–Crippen MR) is 113 cm³/mol. The Bertz CT molecular complexity index is 944. The largest absolute Gasteiger partial charge is 0.393 e. The van der Waals surface area contributed by atoms with Crippen LogP contribution < -0.4 is 10.5 Å². The molecule has 6 rings (SSSR count). The number of hydrogen-bond donors (Lipinski definition) is 1. The lowest BCUT2D eigenvalue weighted by molar-refractivity contribution is 0.161. The zero-order valence-corrected chi connectivity index (χ0v) is 17.4. The molecule has 2 saturated heterocycles. The Hall–Kier alpha value is -1.70. The molecule has 5 heterocycles. The van der Waals surface area contributed by atoms with Gasteiger partial charge in [0.15, 0.2) is 5.13 Å². The van der Waals surface area contributed by atoms with Crippen molar-refractivity contribution in [1.29, 1.82) is 0 Å². The van der Waals surface area contributed by atoms with E-state index in [1.807, 2.05) is 11.6 Å². The van der Waals surface area contributed by atoms with Crippen molar-refractivity contribution >= 4 is 16.5 Å². The molecule has 4 aliphatic rings. The molecule has 29 heavy (non-hydrogen) atoms. The Kier molecular flexibility index (Phi) is 4.32. The van der Waals surface area contributed by atoms with Gasteiger partial charge in [0.25, 0.3) is 5.56 Å². The molecule has 3 aliphatic heterocycles. The van der Waals surface area contributed by atoms with Gasteiger partial charge in [0, 0.05) is 68.0 Å². The van der Waals surface area contributed by atoms with E-state index in [4.69, 9.17) is 0 Å². The van der Waals surface area contributed by atoms with Crippen molar-refractivity contribution in [3.05, 3.63) is 45.3 Å². The summed E-state index contributed by atoms with van der Waals surface area (Å²) in [6.07, 6.45) is 4.82. The number of piperidine rings is 1. The van der Waals surface area contributed by atoms with E-state index in [0.717, 1.165) is 62.8 Å². The highest BCUT2D eigenvalue weighted by atomic mass is 32.1. The number of pyridine rings is 1. The first-order chi connectivity index (χ1) is 14.1. The van der Waals surface area contributed by atoms with Crippen LogP contribution >= 0.6 is 11.3 Å². The van der Waals surface area contributed by atoms with Gasteiger partial charge in [-0.25, -0.2) is 4.98 Å². The molecular weight excluding hydrogens is 384 g/mol. The van der Waals surface area contributed by atoms with Crippen LogP contribution in [0.15, 0.2) is 28.5 Å². The lowest BCUT2D eigenvalue weighted by atomic mass is 9.83. The van der Waals surface area contributed by atoms with Gasteiger partial charge in [-0.1, -0.05) is 6.07 Å². The minimum atomic E-state index is -0.107. The molecule has 3 fully saturated rings. The molecule has 0 aromatic carbocycles. The summed E-state index contributed by atoms with van der Waals surface area (Å²) in [6.45, 7) is 5.59. The molecule has 6 nitrogen and oxygen atoms in total. The standard InChI is InChI=1S/C22H28N4O2S/c27-19-6-16-11-24(12-17(16)7-19)10-15-1-2-20-18-5-14(9-26(20)21(15)28)8-25(13-18)22-23-3-4-29-22/h1-4,14,16-19,27H,5-13H2/t14-,16-,17+,18+,19?/m0/s1. The monoisotopic (exact) mass is 412 g/mol. The fourth-order valence-corrected chi connectivity index (χ4v) is 7.04. The van der Waals surface area contributed by atoms with Crippen molar-refractivity contribution in [3.63, 3.8) is 0 Å². The van der Waals surface area contributed by atoms with Crippen LogP contribution in [0.3, 0.4) is 0 Å². The van der Waals surface area contributed by atoms with E-state index in [1.165, 1.54) is 12.1 Å². The van der Waals surface area contributed by atoms with Gasteiger partial charge in [-0.05, 0) is 43.1 Å². The lowest BCUT2D eigenvalue weighted by Crippen LogP contribution is -2.47. The van der Waals surface area contributed by atoms with Crippen LogP contribution in [0.1, 0.15) is 36.4 Å². The van der Waals surface area contributed by atoms with Gasteiger partial charge in [-0.3, -0.25) is 9.69 Å². The van der Waals surface area contributed by atoms with Crippen molar-refractivity contribution in [2.45, 2.75) is 44.4 Å². The first-order valence-electron chi connectivity index (χ1n) is 10.9. The summed E-state index contributed by atoms with van der Waals surface area (Å²) in [6, 6.07) is 4.30. The number of fused-ring (bicyclic) bond motifs is 5. The normalized spacial score (nSPS) is 33.7. The van der Waals surface area contributed by atoms with Crippen molar-refractivity contribution in [1.82, 2.24) is 14.5 Å². The number of likely N-dealkylation sites (tertiary alicyclic amines) is 1. The molecule has 0 spiro atoms. The van der Waals surface area contributed by atoms with Crippen molar-refractivity contribution < 1.29 is 5.11 Å². The molecule has 0 amide bonds. The third-order valence-electron chi connectivity index (χ3n) is 7.57. The number of aliphatic hydroxyl groups excluding tert-OH is 1. The van der Waals surface area contributed by atoms with Crippen LogP contribution in [0.4, 0.5) is 5.13 Å². The van der Waals surface area contributed by atoms with E-state index in [0.29, 0.717) is 23.7 Å². The van der Waals surface area contributed by atoms with Crippen LogP contribution in [0.25, 0.3) is 0 Å². The van der Waals surface area contributed by atoms with E-state index in [2.05, 4.69) is 31.5 Å². The second kappa shape index (κ2) is 6.93. The summed E-state index contributed by atoms with van der Waals surface area (Å²) < 4.78 is 2.08. The first-order valence-corrected chi connectivity index (χ1v) is 11.8. The molecule has 154 valence electrons. The van der Waals surface area contributed by atoms with Crippen LogP contribution in [0, 0.1) is 17.8 Å². The van der Waals surface area contributed by atoms with E-state index < -0.39 is 0 Å². The van der Waals surface area contributed by atoms with Crippen molar-refractivity contribution in [2.24, 2.45) is 17.8 Å². The third-order valence-corrected chi connectivity index (χ3v) is 8.40. The minimum Gasteiger partial charge on any atom is -0.393 e. The SMILES string of the molecule is O=c1c(CN2C[C@H]3CC(O)C[C@H]3C2)ccc2n1C[C@H]1C[C@@H]2CN(c2nccs2)C1. The third kappa shape index (κ3) is 3.14. The summed E-state index contributed by atoms with van der Waals surface area (Å²) in [5, 5.41) is 13.0. The van der Waals surface area contributed by atoms with Gasteiger partial charge in [0.1, 0.15) is 0 Å². The number of aromatic nitrogens is 2. The molecular formula is C22H28N4O2S. The number of anilines is 1. The van der Waals surface area contributed by atoms with Crippen molar-refractivity contribution in [3.8, 4) is 0 Å². The number of aliphatic hydroxyl groups is 1. The summed E-state index contributed by atoms with van der Waals surface area (Å²) >= 11 is 1.70. The zero-order chi connectivity index (χ0) is 19.5. The Balaban J connectivity index is 1.22. The van der Waals surface area contributed by atoms with E-state index >= 15 is 0 Å². The summed E-state index contributed by atoms with van der Waals surface area (Å²) in [5.41, 5.74) is 2.36. The zero-order valence-electron chi connectivity index (χ0n) is 16.6. The van der Waals surface area contributed by atoms with Gasteiger partial charge in [-0.15, -0.1) is 11.3 Å². The van der Waals surface area contributed by atoms with E-state index in [9.17, 15) is 9.90 Å². The summed E-state index contributed by atoms with van der Waals surface area (Å²) in [7, 11) is 0. The second-order valence-electron chi connectivity index (χ2n) is 9.56. The second-order valence-corrected chi connectivity index (χ2v) is 10.4. The fourth-order valence-electron chi connectivity index (χ4n) is 6.37. The smallest absolute Gasteiger partial charge is 0.255 e. The number of nitrogens with zero attached hydrogens (tertiary/aromatic N) is 4. The topological polar surface area (TPSA) is 61.6 Å². The molecule has 0 radical (unpaired) electrons. The first kappa shape index (κ1) is 18.1. The molecule has 2 aromatic rings. The van der Waals surface area contributed by atoms with Gasteiger partial charge >= 0.3 is 0 Å². The van der Waals surface area contributed by atoms with Gasteiger partial charge in [0.05, 0.1) is 6.10 Å². The van der Waals surface area contributed by atoms with E-state index in [-0.39, 0.29) is 11.7 Å². The molecule has 2 bridgehead atoms. The molecule has 5 atom stereocenters. The maximum absolute atomic E-state index is 13.3. The highest BCUT2D eigenvalue weighted by molar-refractivity contribution is 7.13. The Morgan fingerprint density at radius 3 is 2.66 bits per heavy atom. The summed E-state index contributed by atoms with van der Waals surface area (Å²) in [4.78, 5) is 22.6. The lowest BCUT2D eigenvalue weighted by Gasteiger charge is -2.42. The quantitative estimate of drug-likeness (QED) is 0.837. The Morgan fingerprint density at radius 2 is 1.90 bits per heavy atom. The predicted octanol–water partition coefficient (Wildman–Crippen LogP) is 2.13. The molecule has 1 unspecified atom stereocenters. The van der Waals surface area contributed by atoms with Crippen LogP contribution in [0.2, 0.25) is 0 Å². The maximum atomic E-state index is 13.3. The van der Waals surface area contributed by atoms with Crippen LogP contribution in [-0.2, 0) is 13.1 Å². The number of rotatable bonds is 3. The number of hydrogen-bond acceptors (Lipinski definition) is 6. The Labute approximate surface area is 174 Å². The van der Waals surface area contributed by atoms with E-state index in [1.54, 1.807) is 11.3 Å². The number of thiazole rings is 1. The molecule has 1 aliphatic carbocycles. The molecule has 7 heteroatoms. The summed E-state index contributed by atoms with van der Waals surface area (Å²) in [5.74, 6) is 2.16. The fraction of sp³-hybridized carbons (Fsp3) is 0.636. The minimum absolute atomic E-state index is 0.107. The van der Waals surface area contributed by atoms with Crippen molar-refractivity contribution in [2.75, 3.05) is 31.1 Å². The van der Waals surface area contributed by atoms with Crippen LogP contribution in [-0.4, -0.2) is 51.8 Å². The van der Waals surface area contributed by atoms with Gasteiger partial charge < -0.3 is 14.6 Å². The maximum Gasteiger partial charge on any atom is 0.255 e. The van der Waals surface area contributed by atoms with Gasteiger partial charge in [0.2, 0.25) is 0 Å². The molecule has 2 aromatic heterocycles. The Morgan fingerprint density at radius 1 is 1.07 bits per heavy atom. The highest BCUT2D eigenvalue weighted by Gasteiger charge is 2.40. The molecule has 1 N–H and O–H groups in total. The highest BCUT2D eigenvalue weighted by Crippen LogP contribution is 2.39. The average Bonchev–Trinajstić information content (AvgIpc) is 3.41. The van der Waals surface area contributed by atoms with Gasteiger partial charge in [-0.2, -0.15) is 0 Å². The van der Waals surface area contributed by atoms with Crippen LogP contribution in [0.5, 0.6) is 0 Å².